The highest BCUT2D eigenvalue weighted by Crippen LogP contribution is 2.45. The van der Waals surface area contributed by atoms with Crippen molar-refractivity contribution in [1.29, 1.82) is 0 Å². The molecule has 0 aromatic carbocycles. The molecule has 2 aliphatic rings. The summed E-state index contributed by atoms with van der Waals surface area (Å²) in [6, 6.07) is 2.52. The maximum absolute atomic E-state index is 5.98. The quantitative estimate of drug-likeness (QED) is 0.660. The Bertz CT molecular complexity index is 436. The molecule has 0 radical (unpaired) electrons. The second kappa shape index (κ2) is 6.12. The number of ether oxygens (including phenoxy) is 1. The van der Waals surface area contributed by atoms with E-state index in [0.717, 1.165) is 26.3 Å². The third-order valence-corrected chi connectivity index (χ3v) is 5.78. The van der Waals surface area contributed by atoms with Gasteiger partial charge in [-0.05, 0) is 36.8 Å². The number of hydrazine groups is 1. The zero-order chi connectivity index (χ0) is 14.0. The Morgan fingerprint density at radius 1 is 1.35 bits per heavy atom. The van der Waals surface area contributed by atoms with Crippen molar-refractivity contribution in [3.05, 3.63) is 21.9 Å². The minimum absolute atomic E-state index is 0.173. The molecule has 4 nitrogen and oxygen atoms in total. The number of aryl methyl sites for hydroxylation is 1. The summed E-state index contributed by atoms with van der Waals surface area (Å²) in [6.45, 7) is 5.92. The molecule has 1 unspecified atom stereocenters. The van der Waals surface area contributed by atoms with E-state index in [0.29, 0.717) is 0 Å². The van der Waals surface area contributed by atoms with Crippen LogP contribution in [0.15, 0.2) is 11.4 Å². The molecular weight excluding hydrogens is 270 g/mol. The number of rotatable bonds is 4. The van der Waals surface area contributed by atoms with Gasteiger partial charge in [-0.2, -0.15) is 0 Å². The molecule has 3 N–H and O–H groups in total. The molecule has 1 aromatic heterocycles. The van der Waals surface area contributed by atoms with Crippen molar-refractivity contribution in [1.82, 2.24) is 10.3 Å². The molecule has 0 amide bonds. The van der Waals surface area contributed by atoms with Gasteiger partial charge in [0.15, 0.2) is 0 Å². The van der Waals surface area contributed by atoms with Crippen LogP contribution in [0.4, 0.5) is 0 Å². The predicted octanol–water partition coefficient (Wildman–Crippen LogP) is 2.21. The minimum Gasteiger partial charge on any atom is -0.379 e. The number of thiophene rings is 1. The van der Waals surface area contributed by atoms with Crippen molar-refractivity contribution < 1.29 is 4.74 Å². The smallest absolute Gasteiger partial charge is 0.0652 e. The molecule has 1 atom stereocenters. The molecule has 20 heavy (non-hydrogen) atoms. The average molecular weight is 295 g/mol. The Balaban J connectivity index is 1.91. The summed E-state index contributed by atoms with van der Waals surface area (Å²) in [4.78, 5) is 3.98. The van der Waals surface area contributed by atoms with E-state index < -0.39 is 0 Å². The summed E-state index contributed by atoms with van der Waals surface area (Å²) in [6.07, 6.45) is 5.07. The van der Waals surface area contributed by atoms with E-state index in [4.69, 9.17) is 10.6 Å². The van der Waals surface area contributed by atoms with Crippen LogP contribution in [0, 0.1) is 6.92 Å². The first-order chi connectivity index (χ1) is 9.76. The Morgan fingerprint density at radius 2 is 2.05 bits per heavy atom. The lowest BCUT2D eigenvalue weighted by molar-refractivity contribution is -0.0363. The van der Waals surface area contributed by atoms with Gasteiger partial charge in [0.2, 0.25) is 0 Å². The van der Waals surface area contributed by atoms with Gasteiger partial charge in [0.25, 0.3) is 0 Å². The molecule has 112 valence electrons. The maximum atomic E-state index is 5.98. The van der Waals surface area contributed by atoms with E-state index in [1.807, 2.05) is 11.3 Å². The van der Waals surface area contributed by atoms with Gasteiger partial charge in [0.05, 0.1) is 19.3 Å². The van der Waals surface area contributed by atoms with Crippen LogP contribution >= 0.6 is 11.3 Å². The van der Waals surface area contributed by atoms with Crippen molar-refractivity contribution >= 4 is 11.3 Å². The van der Waals surface area contributed by atoms with Gasteiger partial charge < -0.3 is 4.74 Å². The van der Waals surface area contributed by atoms with E-state index >= 15 is 0 Å². The number of nitrogens with zero attached hydrogens (tertiary/aromatic N) is 1. The lowest BCUT2D eigenvalue weighted by atomic mass is 9.82. The van der Waals surface area contributed by atoms with Gasteiger partial charge in [-0.25, -0.2) is 0 Å². The van der Waals surface area contributed by atoms with Crippen LogP contribution in [0.2, 0.25) is 0 Å². The van der Waals surface area contributed by atoms with E-state index in [-0.39, 0.29) is 11.6 Å². The SMILES string of the molecule is Cc1cc(C(NN)C2(N3CCOCC3)CCCC2)cs1. The highest BCUT2D eigenvalue weighted by atomic mass is 32.1. The lowest BCUT2D eigenvalue weighted by Gasteiger charge is -2.48. The molecule has 5 heteroatoms. The number of morpholine rings is 1. The first kappa shape index (κ1) is 14.5. The largest absolute Gasteiger partial charge is 0.379 e. The fourth-order valence-corrected chi connectivity index (χ4v) is 4.69. The van der Waals surface area contributed by atoms with Crippen LogP contribution in [-0.4, -0.2) is 36.7 Å². The van der Waals surface area contributed by atoms with Gasteiger partial charge in [-0.3, -0.25) is 16.2 Å². The van der Waals surface area contributed by atoms with Crippen LogP contribution in [0.1, 0.15) is 42.2 Å². The van der Waals surface area contributed by atoms with Gasteiger partial charge in [-0.1, -0.05) is 12.8 Å². The second-order valence-electron chi connectivity index (χ2n) is 6.00. The second-order valence-corrected chi connectivity index (χ2v) is 7.12. The molecule has 1 saturated carbocycles. The summed E-state index contributed by atoms with van der Waals surface area (Å²) in [7, 11) is 0. The van der Waals surface area contributed by atoms with Crippen molar-refractivity contribution in [2.75, 3.05) is 26.3 Å². The number of nitrogens with two attached hydrogens (primary N) is 1. The Kier molecular flexibility index (Phi) is 4.43. The molecular formula is C15H25N3OS. The topological polar surface area (TPSA) is 50.5 Å². The van der Waals surface area contributed by atoms with Crippen molar-refractivity contribution in [2.24, 2.45) is 5.84 Å². The maximum Gasteiger partial charge on any atom is 0.0652 e. The molecule has 1 saturated heterocycles. The normalized spacial score (nSPS) is 24.9. The van der Waals surface area contributed by atoms with Crippen molar-refractivity contribution in [3.63, 3.8) is 0 Å². The van der Waals surface area contributed by atoms with Crippen LogP contribution < -0.4 is 11.3 Å². The first-order valence-electron chi connectivity index (χ1n) is 7.60. The Labute approximate surface area is 125 Å². The lowest BCUT2D eigenvalue weighted by Crippen LogP contribution is -2.59. The van der Waals surface area contributed by atoms with Gasteiger partial charge >= 0.3 is 0 Å². The fourth-order valence-electron chi connectivity index (χ4n) is 3.96. The molecule has 2 heterocycles. The summed E-state index contributed by atoms with van der Waals surface area (Å²) in [5, 5.41) is 2.26. The number of hydrogen-bond acceptors (Lipinski definition) is 5. The third kappa shape index (κ3) is 2.53. The molecule has 1 aliphatic carbocycles. The molecule has 3 rings (SSSR count). The summed E-state index contributed by atoms with van der Waals surface area (Å²) in [5.74, 6) is 5.98. The monoisotopic (exact) mass is 295 g/mol. The summed E-state index contributed by atoms with van der Waals surface area (Å²) >= 11 is 1.81. The van der Waals surface area contributed by atoms with Crippen LogP contribution in [0.5, 0.6) is 0 Å². The van der Waals surface area contributed by atoms with Crippen LogP contribution in [-0.2, 0) is 4.74 Å². The van der Waals surface area contributed by atoms with Crippen molar-refractivity contribution in [3.8, 4) is 0 Å². The minimum atomic E-state index is 0.173. The zero-order valence-electron chi connectivity index (χ0n) is 12.2. The van der Waals surface area contributed by atoms with Gasteiger partial charge in [0, 0.05) is 23.5 Å². The number of hydrogen-bond donors (Lipinski definition) is 2. The molecule has 2 fully saturated rings. The van der Waals surface area contributed by atoms with E-state index in [1.165, 1.54) is 36.1 Å². The van der Waals surface area contributed by atoms with Gasteiger partial charge in [0.1, 0.15) is 0 Å². The average Bonchev–Trinajstić information content (AvgIpc) is 3.12. The van der Waals surface area contributed by atoms with Crippen LogP contribution in [0.25, 0.3) is 0 Å². The Hall–Kier alpha value is -0.460. The predicted molar refractivity (Wildman–Crippen MR) is 82.7 cm³/mol. The highest BCUT2D eigenvalue weighted by Gasteiger charge is 2.46. The first-order valence-corrected chi connectivity index (χ1v) is 8.48. The van der Waals surface area contributed by atoms with Gasteiger partial charge in [-0.15, -0.1) is 11.3 Å². The van der Waals surface area contributed by atoms with E-state index in [2.05, 4.69) is 28.7 Å². The van der Waals surface area contributed by atoms with E-state index in [1.54, 1.807) is 0 Å². The summed E-state index contributed by atoms with van der Waals surface area (Å²) < 4.78 is 5.54. The standard InChI is InChI=1S/C15H25N3OS/c1-12-10-13(11-20-12)14(17-16)15(4-2-3-5-15)18-6-8-19-9-7-18/h10-11,14,17H,2-9,16H2,1H3. The van der Waals surface area contributed by atoms with E-state index in [9.17, 15) is 0 Å². The molecule has 1 aromatic rings. The summed E-state index contributed by atoms with van der Waals surface area (Å²) in [5.41, 5.74) is 4.66. The molecule has 1 aliphatic heterocycles. The molecule has 0 bridgehead atoms. The highest BCUT2D eigenvalue weighted by molar-refractivity contribution is 7.10. The zero-order valence-corrected chi connectivity index (χ0v) is 13.0. The van der Waals surface area contributed by atoms with Crippen LogP contribution in [0.3, 0.4) is 0 Å². The third-order valence-electron chi connectivity index (χ3n) is 4.90. The molecule has 0 spiro atoms. The van der Waals surface area contributed by atoms with Crippen molar-refractivity contribution in [2.45, 2.75) is 44.2 Å². The Morgan fingerprint density at radius 3 is 2.60 bits per heavy atom. The number of nitrogens with one attached hydrogen (secondary N) is 1. The fraction of sp³-hybridized carbons (Fsp3) is 0.733.